The first-order chi connectivity index (χ1) is 10.1. The number of hydrogen-bond donors (Lipinski definition) is 2. The fourth-order valence-electron chi connectivity index (χ4n) is 2.94. The van der Waals surface area contributed by atoms with Gasteiger partial charge in [-0.05, 0) is 61.2 Å². The molecule has 0 spiro atoms. The van der Waals surface area contributed by atoms with E-state index >= 15 is 0 Å². The maximum absolute atomic E-state index is 12.0. The van der Waals surface area contributed by atoms with Crippen molar-refractivity contribution in [2.45, 2.75) is 31.8 Å². The number of anilines is 1. The second-order valence-electron chi connectivity index (χ2n) is 5.52. The van der Waals surface area contributed by atoms with Crippen LogP contribution in [0.5, 0.6) is 0 Å². The molecule has 1 aliphatic carbocycles. The van der Waals surface area contributed by atoms with E-state index in [1.54, 1.807) is 4.90 Å². The van der Waals surface area contributed by atoms with Gasteiger partial charge < -0.3 is 15.8 Å². The number of fused-ring (bicyclic) bond motifs is 1. The minimum atomic E-state index is -0.305. The van der Waals surface area contributed by atoms with Gasteiger partial charge in [-0.1, -0.05) is 6.07 Å². The molecule has 112 valence electrons. The van der Waals surface area contributed by atoms with Crippen molar-refractivity contribution < 1.29 is 9.53 Å². The van der Waals surface area contributed by atoms with Gasteiger partial charge in [0.1, 0.15) is 6.10 Å². The van der Waals surface area contributed by atoms with Crippen LogP contribution in [-0.2, 0) is 17.6 Å². The second-order valence-corrected chi connectivity index (χ2v) is 5.96. The largest absolute Gasteiger partial charge is 0.442 e. The van der Waals surface area contributed by atoms with Crippen LogP contribution in [0.25, 0.3) is 0 Å². The van der Waals surface area contributed by atoms with Crippen LogP contribution >= 0.6 is 12.2 Å². The Bertz CT molecular complexity index is 576. The summed E-state index contributed by atoms with van der Waals surface area (Å²) >= 11 is 4.76. The van der Waals surface area contributed by atoms with E-state index < -0.39 is 0 Å². The third-order valence-electron chi connectivity index (χ3n) is 4.02. The Labute approximate surface area is 129 Å². The Morgan fingerprint density at radius 1 is 1.38 bits per heavy atom. The van der Waals surface area contributed by atoms with Gasteiger partial charge in [0.15, 0.2) is 5.11 Å². The number of amides is 1. The zero-order valence-electron chi connectivity index (χ0n) is 11.8. The fraction of sp³-hybridized carbons (Fsp3) is 0.467. The van der Waals surface area contributed by atoms with Gasteiger partial charge in [0.25, 0.3) is 0 Å². The minimum absolute atomic E-state index is 0.221. The summed E-state index contributed by atoms with van der Waals surface area (Å²) in [5, 5.41) is 3.06. The zero-order valence-corrected chi connectivity index (χ0v) is 12.6. The van der Waals surface area contributed by atoms with Crippen LogP contribution < -0.4 is 16.0 Å². The molecule has 0 saturated carbocycles. The van der Waals surface area contributed by atoms with Crippen LogP contribution in [-0.4, -0.2) is 30.4 Å². The van der Waals surface area contributed by atoms with E-state index in [0.717, 1.165) is 18.5 Å². The standard InChI is InChI=1S/C15H19N3O2S/c16-14(21)17-8-13-9-18(15(19)20-13)12-6-5-10-3-1-2-4-11(10)7-12/h5-7,13H,1-4,8-9H2,(H3,16,17,21). The second kappa shape index (κ2) is 5.89. The molecule has 0 radical (unpaired) electrons. The predicted molar refractivity (Wildman–Crippen MR) is 85.5 cm³/mol. The Balaban J connectivity index is 1.72. The van der Waals surface area contributed by atoms with E-state index in [9.17, 15) is 4.79 Å². The number of nitrogens with two attached hydrogens (primary N) is 1. The maximum Gasteiger partial charge on any atom is 0.414 e. The van der Waals surface area contributed by atoms with Gasteiger partial charge in [0.2, 0.25) is 0 Å². The van der Waals surface area contributed by atoms with Gasteiger partial charge in [0, 0.05) is 5.69 Å². The average Bonchev–Trinajstić information content (AvgIpc) is 2.86. The molecule has 6 heteroatoms. The predicted octanol–water partition coefficient (Wildman–Crippen LogP) is 1.72. The van der Waals surface area contributed by atoms with Crippen LogP contribution in [0.1, 0.15) is 24.0 Å². The molecule has 1 aliphatic heterocycles. The highest BCUT2D eigenvalue weighted by molar-refractivity contribution is 7.80. The van der Waals surface area contributed by atoms with Crippen LogP contribution in [0.4, 0.5) is 10.5 Å². The third kappa shape index (κ3) is 3.10. The molecule has 21 heavy (non-hydrogen) atoms. The third-order valence-corrected chi connectivity index (χ3v) is 4.17. The average molecular weight is 305 g/mol. The van der Waals surface area contributed by atoms with Crippen molar-refractivity contribution in [1.29, 1.82) is 0 Å². The summed E-state index contributed by atoms with van der Waals surface area (Å²) in [4.78, 5) is 13.7. The molecule has 1 amide bonds. The van der Waals surface area contributed by atoms with E-state index in [2.05, 4.69) is 17.4 Å². The first-order valence-corrected chi connectivity index (χ1v) is 7.67. The maximum atomic E-state index is 12.0. The SMILES string of the molecule is NC(=S)NCC1CN(c2ccc3c(c2)CCCC3)C(=O)O1. The Morgan fingerprint density at radius 2 is 2.14 bits per heavy atom. The van der Waals surface area contributed by atoms with Gasteiger partial charge in [-0.3, -0.25) is 4.90 Å². The molecular weight excluding hydrogens is 286 g/mol. The highest BCUT2D eigenvalue weighted by atomic mass is 32.1. The lowest BCUT2D eigenvalue weighted by atomic mass is 9.91. The number of benzene rings is 1. The molecule has 1 saturated heterocycles. The molecule has 1 fully saturated rings. The highest BCUT2D eigenvalue weighted by Crippen LogP contribution is 2.28. The summed E-state index contributed by atoms with van der Waals surface area (Å²) < 4.78 is 5.33. The lowest BCUT2D eigenvalue weighted by molar-refractivity contribution is 0.143. The summed E-state index contributed by atoms with van der Waals surface area (Å²) in [6.07, 6.45) is 4.18. The fourth-order valence-corrected chi connectivity index (χ4v) is 3.02. The number of rotatable bonds is 3. The van der Waals surface area contributed by atoms with Crippen molar-refractivity contribution in [2.24, 2.45) is 5.73 Å². The van der Waals surface area contributed by atoms with Gasteiger partial charge in [-0.15, -0.1) is 0 Å². The smallest absolute Gasteiger partial charge is 0.414 e. The van der Waals surface area contributed by atoms with Gasteiger partial charge in [0.05, 0.1) is 13.1 Å². The number of nitrogens with zero attached hydrogens (tertiary/aromatic N) is 1. The van der Waals surface area contributed by atoms with E-state index in [4.69, 9.17) is 22.7 Å². The van der Waals surface area contributed by atoms with Crippen molar-refractivity contribution in [3.05, 3.63) is 29.3 Å². The molecule has 0 aromatic heterocycles. The highest BCUT2D eigenvalue weighted by Gasteiger charge is 2.32. The van der Waals surface area contributed by atoms with Crippen molar-refractivity contribution in [2.75, 3.05) is 18.0 Å². The number of carbonyl (C=O) groups is 1. The van der Waals surface area contributed by atoms with E-state index in [1.165, 1.54) is 24.0 Å². The van der Waals surface area contributed by atoms with Crippen molar-refractivity contribution in [3.63, 3.8) is 0 Å². The molecule has 5 nitrogen and oxygen atoms in total. The van der Waals surface area contributed by atoms with E-state index in [0.29, 0.717) is 13.1 Å². The summed E-state index contributed by atoms with van der Waals surface area (Å²) in [5.74, 6) is 0. The van der Waals surface area contributed by atoms with Crippen LogP contribution in [0.3, 0.4) is 0 Å². The number of ether oxygens (including phenoxy) is 1. The van der Waals surface area contributed by atoms with Gasteiger partial charge >= 0.3 is 6.09 Å². The Hall–Kier alpha value is -1.82. The Morgan fingerprint density at radius 3 is 2.90 bits per heavy atom. The quantitative estimate of drug-likeness (QED) is 0.832. The molecule has 1 unspecified atom stereocenters. The first-order valence-electron chi connectivity index (χ1n) is 7.27. The van der Waals surface area contributed by atoms with Gasteiger partial charge in [-0.25, -0.2) is 4.79 Å². The van der Waals surface area contributed by atoms with Crippen molar-refractivity contribution >= 4 is 29.1 Å². The van der Waals surface area contributed by atoms with Crippen molar-refractivity contribution in [1.82, 2.24) is 5.32 Å². The lowest BCUT2D eigenvalue weighted by Crippen LogP contribution is -2.37. The molecule has 1 heterocycles. The molecule has 2 aliphatic rings. The molecule has 3 N–H and O–H groups in total. The van der Waals surface area contributed by atoms with Crippen LogP contribution in [0.2, 0.25) is 0 Å². The summed E-state index contributed by atoms with van der Waals surface area (Å²) in [6, 6.07) is 6.27. The normalized spacial score (nSPS) is 20.9. The summed E-state index contributed by atoms with van der Waals surface area (Å²) in [6.45, 7) is 0.968. The van der Waals surface area contributed by atoms with E-state index in [-0.39, 0.29) is 17.3 Å². The molecule has 1 atom stereocenters. The van der Waals surface area contributed by atoms with Crippen LogP contribution in [0.15, 0.2) is 18.2 Å². The minimum Gasteiger partial charge on any atom is -0.442 e. The van der Waals surface area contributed by atoms with Crippen LogP contribution in [0, 0.1) is 0 Å². The number of aryl methyl sites for hydroxylation is 2. The molecule has 3 rings (SSSR count). The molecular formula is C15H19N3O2S. The summed E-state index contributed by atoms with van der Waals surface area (Å²) in [5.41, 5.74) is 9.07. The zero-order chi connectivity index (χ0) is 14.8. The Kier molecular flexibility index (Phi) is 3.96. The monoisotopic (exact) mass is 305 g/mol. The molecule has 1 aromatic carbocycles. The number of hydrogen-bond acceptors (Lipinski definition) is 3. The molecule has 1 aromatic rings. The number of carbonyl (C=O) groups excluding carboxylic acids is 1. The van der Waals surface area contributed by atoms with Gasteiger partial charge in [-0.2, -0.15) is 0 Å². The molecule has 0 bridgehead atoms. The lowest BCUT2D eigenvalue weighted by Gasteiger charge is -2.19. The van der Waals surface area contributed by atoms with Crippen molar-refractivity contribution in [3.8, 4) is 0 Å². The topological polar surface area (TPSA) is 67.6 Å². The summed E-state index contributed by atoms with van der Waals surface area (Å²) in [7, 11) is 0. The number of cyclic esters (lactones) is 1. The number of nitrogens with one attached hydrogen (secondary N) is 1. The first kappa shape index (κ1) is 14.1. The number of thiocarbonyl (C=S) groups is 1. The van der Waals surface area contributed by atoms with E-state index in [1.807, 2.05) is 6.07 Å².